The average Bonchev–Trinajstić information content (AvgIpc) is 2.81. The van der Waals surface area contributed by atoms with Crippen molar-refractivity contribution in [3.63, 3.8) is 0 Å². The Kier molecular flexibility index (Phi) is 4.35. The van der Waals surface area contributed by atoms with Crippen LogP contribution in [0, 0.1) is 0 Å². The minimum Gasteiger partial charge on any atom is -0.392 e. The number of nitrogens with zero attached hydrogens (tertiary/aromatic N) is 3. The van der Waals surface area contributed by atoms with Crippen molar-refractivity contribution in [1.82, 2.24) is 14.9 Å². The molecule has 0 radical (unpaired) electrons. The molecule has 1 unspecified atom stereocenters. The number of likely N-dealkylation sites (N-methyl/N-ethyl adjacent to an activating group) is 1. The Morgan fingerprint density at radius 2 is 2.29 bits per heavy atom. The molecule has 0 saturated carbocycles. The summed E-state index contributed by atoms with van der Waals surface area (Å²) in [5.74, 6) is 0.868. The number of aliphatic hydroxyl groups excluding tert-OH is 1. The topological polar surface area (TPSA) is 61.3 Å². The van der Waals surface area contributed by atoms with Gasteiger partial charge in [0.05, 0.1) is 11.5 Å². The number of thioether (sulfide) groups is 1. The molecule has 2 aromatic heterocycles. The Bertz CT molecular complexity index is 656. The number of nitrogens with one attached hydrogen (secondary N) is 1. The first kappa shape index (κ1) is 15.0. The average molecular weight is 324 g/mol. The molecule has 114 valence electrons. The fraction of sp³-hybridized carbons (Fsp3) is 0.571. The lowest BCUT2D eigenvalue weighted by Gasteiger charge is -2.22. The molecule has 0 amide bonds. The zero-order valence-corrected chi connectivity index (χ0v) is 14.1. The van der Waals surface area contributed by atoms with Crippen LogP contribution < -0.4 is 5.32 Å². The second-order valence-corrected chi connectivity index (χ2v) is 7.32. The Hall–Kier alpha value is -0.890. The highest BCUT2D eigenvalue weighted by atomic mass is 32.2. The first-order valence-corrected chi connectivity index (χ1v) is 9.09. The molecule has 1 aliphatic rings. The van der Waals surface area contributed by atoms with Crippen molar-refractivity contribution in [2.45, 2.75) is 31.1 Å². The van der Waals surface area contributed by atoms with Crippen LogP contribution in [0.5, 0.6) is 0 Å². The largest absolute Gasteiger partial charge is 0.392 e. The van der Waals surface area contributed by atoms with E-state index in [2.05, 4.69) is 27.2 Å². The first-order valence-electron chi connectivity index (χ1n) is 7.05. The Labute approximate surface area is 132 Å². The third-order valence-electron chi connectivity index (χ3n) is 3.62. The smallest absolute Gasteiger partial charge is 0.190 e. The number of fused-ring (bicyclic) bond motifs is 3. The number of rotatable bonds is 4. The van der Waals surface area contributed by atoms with Crippen LogP contribution in [0.4, 0.5) is 5.82 Å². The Balaban J connectivity index is 2.10. The molecule has 3 heterocycles. The molecule has 0 aromatic carbocycles. The summed E-state index contributed by atoms with van der Waals surface area (Å²) in [5.41, 5.74) is 1.38. The summed E-state index contributed by atoms with van der Waals surface area (Å²) >= 11 is 3.32. The normalized spacial score (nSPS) is 17.0. The van der Waals surface area contributed by atoms with Gasteiger partial charge in [-0.2, -0.15) is 0 Å². The Morgan fingerprint density at radius 1 is 1.48 bits per heavy atom. The maximum atomic E-state index is 9.52. The second-order valence-electron chi connectivity index (χ2n) is 5.46. The van der Waals surface area contributed by atoms with Crippen LogP contribution in [-0.2, 0) is 13.0 Å². The van der Waals surface area contributed by atoms with Gasteiger partial charge >= 0.3 is 0 Å². The summed E-state index contributed by atoms with van der Waals surface area (Å²) in [7, 11) is 2.15. The lowest BCUT2D eigenvalue weighted by molar-refractivity contribution is 0.208. The molecule has 3 rings (SSSR count). The summed E-state index contributed by atoms with van der Waals surface area (Å²) in [6.45, 7) is 4.34. The summed E-state index contributed by atoms with van der Waals surface area (Å²) in [6.07, 6.45) is 2.63. The predicted octanol–water partition coefficient (Wildman–Crippen LogP) is 2.19. The summed E-state index contributed by atoms with van der Waals surface area (Å²) < 4.78 is 0. The summed E-state index contributed by atoms with van der Waals surface area (Å²) in [6, 6.07) is 0. The van der Waals surface area contributed by atoms with Gasteiger partial charge in [-0.05, 0) is 32.2 Å². The SMILES string of the molecule is CSc1nc(NCC(C)O)c2c3c(sc2n1)CN(C)CC3. The standard InChI is InChI=1S/C14H20N4OS2/c1-8(19)6-15-12-11-9-4-5-18(2)7-10(9)21-13(11)17-14(16-12)20-3/h8,19H,4-7H2,1-3H3,(H,15,16,17). The highest BCUT2D eigenvalue weighted by molar-refractivity contribution is 7.98. The van der Waals surface area contributed by atoms with E-state index in [-0.39, 0.29) is 0 Å². The third kappa shape index (κ3) is 3.01. The molecule has 2 N–H and O–H groups in total. The first-order chi connectivity index (χ1) is 10.1. The minimum atomic E-state index is -0.395. The van der Waals surface area contributed by atoms with Gasteiger partial charge in [-0.1, -0.05) is 11.8 Å². The van der Waals surface area contributed by atoms with Crippen molar-refractivity contribution in [2.24, 2.45) is 0 Å². The van der Waals surface area contributed by atoms with Gasteiger partial charge in [0.2, 0.25) is 0 Å². The van der Waals surface area contributed by atoms with E-state index in [0.717, 1.165) is 40.7 Å². The molecule has 0 fully saturated rings. The second kappa shape index (κ2) is 6.08. The van der Waals surface area contributed by atoms with Crippen LogP contribution in [0.2, 0.25) is 0 Å². The molecule has 1 atom stereocenters. The van der Waals surface area contributed by atoms with Gasteiger partial charge in [-0.3, -0.25) is 0 Å². The highest BCUT2D eigenvalue weighted by Gasteiger charge is 2.23. The monoisotopic (exact) mass is 324 g/mol. The van der Waals surface area contributed by atoms with Gasteiger partial charge < -0.3 is 15.3 Å². The van der Waals surface area contributed by atoms with Gasteiger partial charge in [0, 0.05) is 24.5 Å². The molecule has 0 spiro atoms. The van der Waals surface area contributed by atoms with Gasteiger partial charge in [-0.25, -0.2) is 9.97 Å². The van der Waals surface area contributed by atoms with Crippen LogP contribution in [0.1, 0.15) is 17.4 Å². The minimum absolute atomic E-state index is 0.395. The van der Waals surface area contributed by atoms with E-state index < -0.39 is 6.10 Å². The highest BCUT2D eigenvalue weighted by Crippen LogP contribution is 2.38. The van der Waals surface area contributed by atoms with Crippen LogP contribution in [0.3, 0.4) is 0 Å². The Morgan fingerprint density at radius 3 is 3.00 bits per heavy atom. The molecule has 0 saturated heterocycles. The van der Waals surface area contributed by atoms with E-state index in [1.165, 1.54) is 10.4 Å². The van der Waals surface area contributed by atoms with Crippen molar-refractivity contribution in [3.05, 3.63) is 10.4 Å². The molecule has 0 bridgehead atoms. The van der Waals surface area contributed by atoms with Crippen molar-refractivity contribution >= 4 is 39.1 Å². The van der Waals surface area contributed by atoms with Crippen molar-refractivity contribution in [2.75, 3.05) is 31.7 Å². The summed E-state index contributed by atoms with van der Waals surface area (Å²) in [5, 5.41) is 14.7. The van der Waals surface area contributed by atoms with E-state index in [0.29, 0.717) is 6.54 Å². The number of hydrogen-bond donors (Lipinski definition) is 2. The van der Waals surface area contributed by atoms with E-state index in [1.807, 2.05) is 6.26 Å². The molecule has 1 aliphatic heterocycles. The number of aromatic nitrogens is 2. The van der Waals surface area contributed by atoms with Gasteiger partial charge in [-0.15, -0.1) is 11.3 Å². The lowest BCUT2D eigenvalue weighted by atomic mass is 10.1. The van der Waals surface area contributed by atoms with Crippen molar-refractivity contribution in [1.29, 1.82) is 0 Å². The maximum Gasteiger partial charge on any atom is 0.190 e. The van der Waals surface area contributed by atoms with Crippen LogP contribution >= 0.6 is 23.1 Å². The number of aliphatic hydroxyl groups is 1. The van der Waals surface area contributed by atoms with Gasteiger partial charge in [0.1, 0.15) is 10.6 Å². The van der Waals surface area contributed by atoms with Gasteiger partial charge in [0.15, 0.2) is 5.16 Å². The zero-order valence-electron chi connectivity index (χ0n) is 12.5. The molecular formula is C14H20N4OS2. The maximum absolute atomic E-state index is 9.52. The number of thiophene rings is 1. The molecule has 5 nitrogen and oxygen atoms in total. The third-order valence-corrected chi connectivity index (χ3v) is 5.28. The molecule has 0 aliphatic carbocycles. The van der Waals surface area contributed by atoms with Crippen molar-refractivity contribution in [3.8, 4) is 0 Å². The van der Waals surface area contributed by atoms with E-state index in [1.54, 1.807) is 30.0 Å². The molecular weight excluding hydrogens is 304 g/mol. The predicted molar refractivity (Wildman–Crippen MR) is 89.4 cm³/mol. The van der Waals surface area contributed by atoms with Gasteiger partial charge in [0.25, 0.3) is 0 Å². The fourth-order valence-electron chi connectivity index (χ4n) is 2.57. The fourth-order valence-corrected chi connectivity index (χ4v) is 4.29. The number of hydrogen-bond acceptors (Lipinski definition) is 7. The van der Waals surface area contributed by atoms with Crippen LogP contribution in [0.15, 0.2) is 5.16 Å². The van der Waals surface area contributed by atoms with Crippen molar-refractivity contribution < 1.29 is 5.11 Å². The number of anilines is 1. The van der Waals surface area contributed by atoms with E-state index >= 15 is 0 Å². The zero-order chi connectivity index (χ0) is 15.0. The molecule has 21 heavy (non-hydrogen) atoms. The summed E-state index contributed by atoms with van der Waals surface area (Å²) in [4.78, 5) is 14.1. The lowest BCUT2D eigenvalue weighted by Crippen LogP contribution is -2.25. The molecule has 2 aromatic rings. The van der Waals surface area contributed by atoms with Crippen LogP contribution in [0.25, 0.3) is 10.2 Å². The van der Waals surface area contributed by atoms with E-state index in [9.17, 15) is 5.11 Å². The quantitative estimate of drug-likeness (QED) is 0.664. The van der Waals surface area contributed by atoms with Crippen LogP contribution in [-0.4, -0.2) is 52.5 Å². The van der Waals surface area contributed by atoms with E-state index in [4.69, 9.17) is 0 Å². The molecule has 7 heteroatoms.